The van der Waals surface area contributed by atoms with E-state index < -0.39 is 23.3 Å². The van der Waals surface area contributed by atoms with Crippen molar-refractivity contribution in [2.24, 2.45) is 15.7 Å². The van der Waals surface area contributed by atoms with E-state index in [1.54, 1.807) is 31.3 Å². The number of likely N-dealkylation sites (N-methyl/N-ethyl adjacent to an activating group) is 1. The van der Waals surface area contributed by atoms with Crippen LogP contribution >= 0.6 is 0 Å². The SMILES string of the molecule is CN1C(=O)C2(N=C(N)NC(Nc3cccc(C(F)(F)F)c3)=N2)c2ccccc21. The number of anilines is 2. The quantitative estimate of drug-likeness (QED) is 0.698. The summed E-state index contributed by atoms with van der Waals surface area (Å²) in [4.78, 5) is 22.9. The standard InChI is InChI=1S/C18H15F3N6O/c1-27-13-8-3-2-7-12(13)17(14(27)28)25-15(22)24-16(26-17)23-11-6-4-5-10(9-11)18(19,20)21/h2-9H,1H3,(H4,22,23,24,25,26). The highest BCUT2D eigenvalue weighted by atomic mass is 19.4. The second-order valence-electron chi connectivity index (χ2n) is 6.34. The number of nitrogens with one attached hydrogen (secondary N) is 2. The molecule has 0 fully saturated rings. The van der Waals surface area contributed by atoms with Crippen LogP contribution < -0.4 is 21.3 Å². The van der Waals surface area contributed by atoms with Gasteiger partial charge in [0.25, 0.3) is 11.6 Å². The number of fused-ring (bicyclic) bond motifs is 2. The Kier molecular flexibility index (Phi) is 3.81. The van der Waals surface area contributed by atoms with E-state index in [4.69, 9.17) is 5.73 Å². The van der Waals surface area contributed by atoms with Crippen molar-refractivity contribution >= 4 is 29.2 Å². The number of carbonyl (C=O) groups excluding carboxylic acids is 1. The maximum atomic E-state index is 12.9. The maximum Gasteiger partial charge on any atom is 0.416 e. The fourth-order valence-electron chi connectivity index (χ4n) is 3.24. The monoisotopic (exact) mass is 388 g/mol. The van der Waals surface area contributed by atoms with E-state index >= 15 is 0 Å². The molecule has 2 aliphatic rings. The van der Waals surface area contributed by atoms with Crippen LogP contribution in [0, 0.1) is 0 Å². The van der Waals surface area contributed by atoms with Crippen molar-refractivity contribution < 1.29 is 18.0 Å². The van der Waals surface area contributed by atoms with Crippen molar-refractivity contribution in [3.05, 3.63) is 59.7 Å². The molecule has 1 spiro atoms. The summed E-state index contributed by atoms with van der Waals surface area (Å²) in [6, 6.07) is 11.6. The number of para-hydroxylation sites is 1. The van der Waals surface area contributed by atoms with Gasteiger partial charge in [0, 0.05) is 18.3 Å². The lowest BCUT2D eigenvalue weighted by atomic mass is 10.0. The fraction of sp³-hybridized carbons (Fsp3) is 0.167. The molecule has 2 aromatic rings. The van der Waals surface area contributed by atoms with Gasteiger partial charge in [-0.05, 0) is 24.3 Å². The number of rotatable bonds is 1. The summed E-state index contributed by atoms with van der Waals surface area (Å²) >= 11 is 0. The number of hydrogen-bond acceptors (Lipinski definition) is 6. The van der Waals surface area contributed by atoms with Crippen LogP contribution in [0.2, 0.25) is 0 Å². The third-order valence-corrected chi connectivity index (χ3v) is 4.50. The van der Waals surface area contributed by atoms with Crippen molar-refractivity contribution in [1.29, 1.82) is 0 Å². The molecule has 0 bridgehead atoms. The molecule has 10 heteroatoms. The van der Waals surface area contributed by atoms with Gasteiger partial charge in [-0.3, -0.25) is 10.1 Å². The molecule has 2 aromatic carbocycles. The molecule has 0 saturated heterocycles. The molecule has 0 aromatic heterocycles. The van der Waals surface area contributed by atoms with Crippen molar-refractivity contribution in [1.82, 2.24) is 5.32 Å². The first-order valence-corrected chi connectivity index (χ1v) is 8.25. The van der Waals surface area contributed by atoms with Crippen molar-refractivity contribution in [3.8, 4) is 0 Å². The highest BCUT2D eigenvalue weighted by Gasteiger charge is 2.52. The van der Waals surface area contributed by atoms with Gasteiger partial charge in [0.2, 0.25) is 5.96 Å². The van der Waals surface area contributed by atoms with Crippen LogP contribution in [0.25, 0.3) is 0 Å². The normalized spacial score (nSPS) is 21.1. The van der Waals surface area contributed by atoms with Crippen LogP contribution in [0.5, 0.6) is 0 Å². The summed E-state index contributed by atoms with van der Waals surface area (Å²) in [7, 11) is 1.60. The van der Waals surface area contributed by atoms with E-state index in [9.17, 15) is 18.0 Å². The molecule has 2 heterocycles. The Hall–Kier alpha value is -3.56. The van der Waals surface area contributed by atoms with Gasteiger partial charge in [0.15, 0.2) is 5.96 Å². The fourth-order valence-corrected chi connectivity index (χ4v) is 3.24. The van der Waals surface area contributed by atoms with Crippen LogP contribution in [0.1, 0.15) is 11.1 Å². The van der Waals surface area contributed by atoms with Gasteiger partial charge < -0.3 is 16.0 Å². The Balaban J connectivity index is 1.75. The molecule has 7 nitrogen and oxygen atoms in total. The first kappa shape index (κ1) is 17.8. The first-order valence-electron chi connectivity index (χ1n) is 8.25. The molecule has 144 valence electrons. The van der Waals surface area contributed by atoms with Crippen LogP contribution in [-0.2, 0) is 16.6 Å². The number of nitrogens with zero attached hydrogens (tertiary/aromatic N) is 3. The summed E-state index contributed by atoms with van der Waals surface area (Å²) in [5.74, 6) is -0.477. The molecular weight excluding hydrogens is 373 g/mol. The summed E-state index contributed by atoms with van der Waals surface area (Å²) in [5, 5.41) is 5.40. The number of alkyl halides is 3. The van der Waals surface area contributed by atoms with Crippen LogP contribution in [0.4, 0.5) is 24.5 Å². The molecule has 0 aliphatic carbocycles. The molecule has 4 rings (SSSR count). The summed E-state index contributed by atoms with van der Waals surface area (Å²) in [6.07, 6.45) is -4.48. The molecule has 0 saturated carbocycles. The minimum absolute atomic E-state index is 0.0188. The Morgan fingerprint density at radius 1 is 1.14 bits per heavy atom. The number of halogens is 3. The third kappa shape index (κ3) is 2.73. The highest BCUT2D eigenvalue weighted by Crippen LogP contribution is 2.44. The largest absolute Gasteiger partial charge is 0.416 e. The average molecular weight is 388 g/mol. The van der Waals surface area contributed by atoms with Crippen LogP contribution in [0.3, 0.4) is 0 Å². The average Bonchev–Trinajstić information content (AvgIpc) is 2.83. The lowest BCUT2D eigenvalue weighted by molar-refractivity contribution is -0.137. The van der Waals surface area contributed by atoms with Crippen LogP contribution in [-0.4, -0.2) is 24.9 Å². The van der Waals surface area contributed by atoms with E-state index in [1.165, 1.54) is 17.0 Å². The highest BCUT2D eigenvalue weighted by molar-refractivity contribution is 6.14. The van der Waals surface area contributed by atoms with Gasteiger partial charge >= 0.3 is 6.18 Å². The van der Waals surface area contributed by atoms with E-state index in [0.717, 1.165) is 12.1 Å². The zero-order valence-corrected chi connectivity index (χ0v) is 14.6. The zero-order chi connectivity index (χ0) is 20.1. The molecule has 2 aliphatic heterocycles. The zero-order valence-electron chi connectivity index (χ0n) is 14.6. The minimum atomic E-state index is -4.48. The second-order valence-corrected chi connectivity index (χ2v) is 6.34. The molecule has 1 amide bonds. The summed E-state index contributed by atoms with van der Waals surface area (Å²) < 4.78 is 38.8. The van der Waals surface area contributed by atoms with Gasteiger partial charge in [0.05, 0.1) is 11.3 Å². The molecule has 0 radical (unpaired) electrons. The van der Waals surface area contributed by atoms with Crippen molar-refractivity contribution in [3.63, 3.8) is 0 Å². The summed E-state index contributed by atoms with van der Waals surface area (Å²) in [5.41, 5.74) is 4.74. The number of nitrogens with two attached hydrogens (primary N) is 1. The smallest absolute Gasteiger partial charge is 0.370 e. The molecular formula is C18H15F3N6O. The van der Waals surface area contributed by atoms with Gasteiger partial charge in [-0.15, -0.1) is 0 Å². The lowest BCUT2D eigenvalue weighted by Gasteiger charge is -2.26. The first-order chi connectivity index (χ1) is 13.2. The van der Waals surface area contributed by atoms with Gasteiger partial charge in [-0.25, -0.2) is 9.98 Å². The number of amides is 1. The van der Waals surface area contributed by atoms with E-state index in [-0.39, 0.29) is 17.6 Å². The topological polar surface area (TPSA) is 95.1 Å². The third-order valence-electron chi connectivity index (χ3n) is 4.50. The van der Waals surface area contributed by atoms with E-state index in [1.807, 2.05) is 0 Å². The molecule has 1 atom stereocenters. The number of aliphatic imine (C=N–C) groups is 2. The van der Waals surface area contributed by atoms with E-state index in [2.05, 4.69) is 20.6 Å². The number of hydrogen-bond donors (Lipinski definition) is 3. The predicted octanol–water partition coefficient (Wildman–Crippen LogP) is 2.22. The van der Waals surface area contributed by atoms with Gasteiger partial charge in [0.1, 0.15) is 0 Å². The maximum absolute atomic E-state index is 12.9. The molecule has 1 unspecified atom stereocenters. The van der Waals surface area contributed by atoms with Crippen LogP contribution in [0.15, 0.2) is 58.5 Å². The minimum Gasteiger partial charge on any atom is -0.370 e. The van der Waals surface area contributed by atoms with Gasteiger partial charge in [-0.1, -0.05) is 24.3 Å². The second kappa shape index (κ2) is 5.98. The summed E-state index contributed by atoms with van der Waals surface area (Å²) in [6.45, 7) is 0. The Morgan fingerprint density at radius 2 is 1.89 bits per heavy atom. The number of carbonyl (C=O) groups is 1. The van der Waals surface area contributed by atoms with Gasteiger partial charge in [-0.2, -0.15) is 13.2 Å². The molecule has 4 N–H and O–H groups in total. The lowest BCUT2D eigenvalue weighted by Crippen LogP contribution is -2.50. The van der Waals surface area contributed by atoms with E-state index in [0.29, 0.717) is 11.3 Å². The Labute approximate surface area is 157 Å². The number of benzene rings is 2. The van der Waals surface area contributed by atoms with Crippen molar-refractivity contribution in [2.45, 2.75) is 11.8 Å². The Morgan fingerprint density at radius 3 is 2.64 bits per heavy atom. The number of guanidine groups is 2. The Bertz CT molecular complexity index is 1030. The predicted molar refractivity (Wildman–Crippen MR) is 98.8 cm³/mol. The van der Waals surface area contributed by atoms with Crippen molar-refractivity contribution in [2.75, 3.05) is 17.3 Å². The molecule has 28 heavy (non-hydrogen) atoms.